The number of benzene rings is 1. The van der Waals surface area contributed by atoms with Gasteiger partial charge in [0, 0.05) is 54.6 Å². The van der Waals surface area contributed by atoms with E-state index in [1.165, 1.54) is 4.90 Å². The number of nitrogens with zero attached hydrogens (tertiary/aromatic N) is 5. The predicted octanol–water partition coefficient (Wildman–Crippen LogP) is 5.47. The molecule has 0 saturated carbocycles. The molecule has 0 aliphatic carbocycles. The van der Waals surface area contributed by atoms with Gasteiger partial charge in [0.05, 0.1) is 24.4 Å². The summed E-state index contributed by atoms with van der Waals surface area (Å²) in [7, 11) is 3.97. The van der Waals surface area contributed by atoms with Crippen molar-refractivity contribution < 1.29 is 42.5 Å². The molecule has 0 radical (unpaired) electrons. The van der Waals surface area contributed by atoms with Gasteiger partial charge < -0.3 is 34.5 Å². The number of amides is 1. The van der Waals surface area contributed by atoms with Crippen LogP contribution < -0.4 is 5.73 Å². The van der Waals surface area contributed by atoms with Gasteiger partial charge in [0.25, 0.3) is 5.67 Å². The highest BCUT2D eigenvalue weighted by Gasteiger charge is 2.54. The van der Waals surface area contributed by atoms with Gasteiger partial charge in [-0.25, -0.2) is 14.0 Å². The summed E-state index contributed by atoms with van der Waals surface area (Å²) in [5.74, 6) is -5.19. The van der Waals surface area contributed by atoms with Crippen LogP contribution in [0.1, 0.15) is 87.0 Å². The molecule has 14 nitrogen and oxygen atoms in total. The van der Waals surface area contributed by atoms with Crippen LogP contribution in [0.3, 0.4) is 0 Å². The lowest BCUT2D eigenvalue weighted by Gasteiger charge is -2.41. The van der Waals surface area contributed by atoms with Gasteiger partial charge in [-0.05, 0) is 78.1 Å². The van der Waals surface area contributed by atoms with E-state index in [1.54, 1.807) is 31.5 Å². The topological polar surface area (TPSA) is 168 Å². The Bertz CT molecular complexity index is 1700. The van der Waals surface area contributed by atoms with Crippen molar-refractivity contribution in [2.24, 2.45) is 23.7 Å². The molecule has 0 spiro atoms. The number of hydrogen-bond donors (Lipinski definition) is 1. The number of halogens is 1. The number of carbonyl (C=O) groups is 4. The number of rotatable bonds is 10. The van der Waals surface area contributed by atoms with E-state index >= 15 is 4.39 Å². The number of alkyl halides is 1. The lowest BCUT2D eigenvalue weighted by atomic mass is 9.77. The van der Waals surface area contributed by atoms with Gasteiger partial charge in [-0.15, -0.1) is 5.10 Å². The van der Waals surface area contributed by atoms with Gasteiger partial charge in [-0.3, -0.25) is 14.3 Å². The zero-order valence-corrected chi connectivity index (χ0v) is 34.4. The molecule has 3 saturated heterocycles. The van der Waals surface area contributed by atoms with E-state index in [4.69, 9.17) is 24.7 Å². The predicted molar refractivity (Wildman–Crippen MR) is 207 cm³/mol. The third-order valence-corrected chi connectivity index (χ3v) is 11.9. The normalized spacial score (nSPS) is 34.9. The summed E-state index contributed by atoms with van der Waals surface area (Å²) >= 11 is 0. The van der Waals surface area contributed by atoms with Crippen LogP contribution in [0.2, 0.25) is 0 Å². The standard InChI is InChI=1S/C41H61FN6O8/c1-10-32-37-34(48(40(52)56-37)17-12-11-16-47-22-31(44-45-47)28-14-13-15-29(43)20-28)26(5)35(49)23(2)18-24(3)36(27(6)38(50)41(7,42)39(51)54-32)55-33-21-30(46(8)9)19-25(4)53-33/h13-15,20,22-27,30,32-34,36-37H,10-12,16-19,21,43H2,1-9H3/t23-,24+,25-,26-,27-,30+,32-,33+,34-,36+,37-,41+/m1/s1. The molecule has 56 heavy (non-hydrogen) atoms. The molecule has 0 unspecified atom stereocenters. The maximum Gasteiger partial charge on any atom is 0.410 e. The molecule has 5 rings (SSSR count). The molecule has 1 aromatic heterocycles. The molecule has 4 heterocycles. The van der Waals surface area contributed by atoms with Crippen molar-refractivity contribution in [3.8, 4) is 11.3 Å². The summed E-state index contributed by atoms with van der Waals surface area (Å²) in [6.45, 7) is 12.4. The van der Waals surface area contributed by atoms with Crippen molar-refractivity contribution in [2.75, 3.05) is 26.4 Å². The molecule has 2 aromatic rings. The van der Waals surface area contributed by atoms with Crippen molar-refractivity contribution in [1.29, 1.82) is 0 Å². The number of ketones is 2. The van der Waals surface area contributed by atoms with E-state index in [9.17, 15) is 19.2 Å². The number of nitrogen functional groups attached to an aromatic ring is 1. The highest BCUT2D eigenvalue weighted by atomic mass is 19.1. The van der Waals surface area contributed by atoms with Crippen LogP contribution in [0, 0.1) is 23.7 Å². The number of carbonyl (C=O) groups excluding carboxylic acids is 4. The van der Waals surface area contributed by atoms with Crippen molar-refractivity contribution >= 4 is 29.3 Å². The number of nitrogens with two attached hydrogens (primary N) is 1. The first kappa shape index (κ1) is 43.2. The van der Waals surface area contributed by atoms with Gasteiger partial charge in [-0.2, -0.15) is 0 Å². The van der Waals surface area contributed by atoms with Gasteiger partial charge in [0.1, 0.15) is 17.6 Å². The van der Waals surface area contributed by atoms with Crippen molar-refractivity contribution in [3.05, 3.63) is 30.5 Å². The summed E-state index contributed by atoms with van der Waals surface area (Å²) in [5.41, 5.74) is 5.07. The first-order valence-electron chi connectivity index (χ1n) is 20.1. The summed E-state index contributed by atoms with van der Waals surface area (Å²) in [4.78, 5) is 59.2. The fourth-order valence-electron chi connectivity index (χ4n) is 8.67. The van der Waals surface area contributed by atoms with Crippen molar-refractivity contribution in [2.45, 2.75) is 142 Å². The third-order valence-electron chi connectivity index (χ3n) is 11.9. The smallest absolute Gasteiger partial charge is 0.410 e. The van der Waals surface area contributed by atoms with E-state index in [0.717, 1.165) is 18.9 Å². The number of ether oxygens (including phenoxy) is 4. The van der Waals surface area contributed by atoms with Crippen LogP contribution in [0.4, 0.5) is 14.9 Å². The number of unbranched alkanes of at least 4 members (excludes halogenated alkanes) is 1. The molecule has 3 aliphatic rings. The number of esters is 1. The van der Waals surface area contributed by atoms with Crippen molar-refractivity contribution in [3.63, 3.8) is 0 Å². The van der Waals surface area contributed by atoms with Crippen LogP contribution in [-0.2, 0) is 39.9 Å². The largest absolute Gasteiger partial charge is 0.456 e. The minimum Gasteiger partial charge on any atom is -0.456 e. The minimum absolute atomic E-state index is 0.103. The first-order valence-corrected chi connectivity index (χ1v) is 20.1. The average molecular weight is 785 g/mol. The molecule has 310 valence electrons. The van der Waals surface area contributed by atoms with Gasteiger partial charge in [0.15, 0.2) is 18.2 Å². The Morgan fingerprint density at radius 3 is 2.39 bits per heavy atom. The second-order valence-electron chi connectivity index (χ2n) is 16.6. The van der Waals surface area contributed by atoms with E-state index in [0.29, 0.717) is 43.6 Å². The first-order chi connectivity index (χ1) is 26.4. The van der Waals surface area contributed by atoms with Crippen molar-refractivity contribution in [1.82, 2.24) is 24.8 Å². The molecule has 15 heteroatoms. The summed E-state index contributed by atoms with van der Waals surface area (Å²) in [6, 6.07) is 6.75. The molecular formula is C41H61FN6O8. The lowest BCUT2D eigenvalue weighted by molar-refractivity contribution is -0.237. The Morgan fingerprint density at radius 1 is 1.00 bits per heavy atom. The van der Waals surface area contributed by atoms with E-state index < -0.39 is 77.8 Å². The monoisotopic (exact) mass is 784 g/mol. The van der Waals surface area contributed by atoms with Crippen LogP contribution in [0.5, 0.6) is 0 Å². The second-order valence-corrected chi connectivity index (χ2v) is 16.6. The molecule has 1 aromatic carbocycles. The zero-order chi connectivity index (χ0) is 41.1. The SMILES string of the molecule is CC[C@H]1OC(=O)[C@@](C)(F)C(=O)[C@H](C)[C@@H](O[C@H]2C[C@@H](N(C)C)C[C@@H](C)O2)[C@@H](C)C[C@@H](C)C(=O)[C@H](C)[C@@H]2[C@@H]1OC(=O)N2CCCCn1cc(-c2cccc(N)c2)nn1. The van der Waals surface area contributed by atoms with Crippen LogP contribution in [0.15, 0.2) is 30.5 Å². The van der Waals surface area contributed by atoms with Crippen LogP contribution in [0.25, 0.3) is 11.3 Å². The molecular weight excluding hydrogens is 723 g/mol. The minimum atomic E-state index is -3.02. The Morgan fingerprint density at radius 2 is 1.71 bits per heavy atom. The average Bonchev–Trinajstić information content (AvgIpc) is 3.76. The Kier molecular flexibility index (Phi) is 14.0. The number of cyclic esters (lactones) is 1. The number of hydrogen-bond acceptors (Lipinski definition) is 12. The summed E-state index contributed by atoms with van der Waals surface area (Å²) in [6.07, 6.45) is 0.332. The summed E-state index contributed by atoms with van der Waals surface area (Å²) < 4.78 is 42.6. The second kappa shape index (κ2) is 18.1. The number of aryl methyl sites for hydroxylation is 1. The highest BCUT2D eigenvalue weighted by molar-refractivity contribution is 6.07. The van der Waals surface area contributed by atoms with Crippen LogP contribution in [-0.4, -0.2) is 118 Å². The molecule has 1 amide bonds. The number of aromatic nitrogens is 3. The van der Waals surface area contributed by atoms with E-state index in [1.807, 2.05) is 59.3 Å². The molecule has 3 aliphatic heterocycles. The van der Waals surface area contributed by atoms with E-state index in [-0.39, 0.29) is 30.9 Å². The fraction of sp³-hybridized carbons (Fsp3) is 0.707. The molecule has 3 fully saturated rings. The van der Waals surface area contributed by atoms with Crippen LogP contribution >= 0.6 is 0 Å². The highest BCUT2D eigenvalue weighted by Crippen LogP contribution is 2.37. The van der Waals surface area contributed by atoms with Gasteiger partial charge >= 0.3 is 12.1 Å². The number of fused-ring (bicyclic) bond motifs is 1. The zero-order valence-electron chi connectivity index (χ0n) is 34.4. The lowest BCUT2D eigenvalue weighted by Crippen LogP contribution is -2.54. The maximum atomic E-state index is 16.6. The summed E-state index contributed by atoms with van der Waals surface area (Å²) in [5, 5.41) is 8.50. The Balaban J connectivity index is 1.36. The third kappa shape index (κ3) is 9.59. The molecule has 2 N–H and O–H groups in total. The van der Waals surface area contributed by atoms with E-state index in [2.05, 4.69) is 15.2 Å². The Labute approximate surface area is 329 Å². The maximum absolute atomic E-state index is 16.6. The fourth-order valence-corrected chi connectivity index (χ4v) is 8.67. The number of Topliss-reactive ketones (excluding diaryl/α,β-unsaturated/α-hetero) is 2. The number of anilines is 1. The molecule has 12 atom stereocenters. The van der Waals surface area contributed by atoms with Gasteiger partial charge in [0.2, 0.25) is 0 Å². The quantitative estimate of drug-likeness (QED) is 0.140. The Hall–Kier alpha value is -3.95. The van der Waals surface area contributed by atoms with Gasteiger partial charge in [-0.1, -0.05) is 52.0 Å². The molecule has 0 bridgehead atoms.